The minimum absolute atomic E-state index is 0.762. The van der Waals surface area contributed by atoms with Gasteiger partial charge in [-0.2, -0.15) is 0 Å². The maximum Gasteiger partial charge on any atom is 0.0938 e. The molecule has 100 valence electrons. The van der Waals surface area contributed by atoms with E-state index in [0.29, 0.717) is 0 Å². The monoisotopic (exact) mass is 263 g/mol. The van der Waals surface area contributed by atoms with Crippen LogP contribution in [0.2, 0.25) is 0 Å². The predicted molar refractivity (Wildman–Crippen MR) is 83.1 cm³/mol. The van der Waals surface area contributed by atoms with Gasteiger partial charge in [-0.15, -0.1) is 0 Å². The summed E-state index contributed by atoms with van der Waals surface area (Å²) in [5.74, 6) is 0. The van der Waals surface area contributed by atoms with Crippen LogP contribution >= 0.6 is 0 Å². The highest BCUT2D eigenvalue weighted by atomic mass is 15.1. The third-order valence-electron chi connectivity index (χ3n) is 3.33. The molecule has 0 aliphatic heterocycles. The second-order valence-electron chi connectivity index (χ2n) is 5.04. The van der Waals surface area contributed by atoms with Gasteiger partial charge >= 0.3 is 0 Å². The molecule has 3 aromatic rings. The van der Waals surface area contributed by atoms with Gasteiger partial charge in [-0.1, -0.05) is 24.3 Å². The van der Waals surface area contributed by atoms with Gasteiger partial charge in [0.1, 0.15) is 0 Å². The van der Waals surface area contributed by atoms with E-state index in [0.717, 1.165) is 29.0 Å². The molecule has 0 aliphatic rings. The molecule has 0 aliphatic carbocycles. The molecule has 0 saturated carbocycles. The van der Waals surface area contributed by atoms with Crippen LogP contribution in [0.4, 0.5) is 5.69 Å². The minimum Gasteiger partial charge on any atom is -0.376 e. The molecule has 0 atom stereocenters. The maximum absolute atomic E-state index is 4.81. The Morgan fingerprint density at radius 1 is 0.900 bits per heavy atom. The van der Waals surface area contributed by atoms with Crippen molar-refractivity contribution in [1.29, 1.82) is 0 Å². The number of hydrogen-bond donors (Lipinski definition) is 0. The summed E-state index contributed by atoms with van der Waals surface area (Å²) in [7, 11) is 4.09. The summed E-state index contributed by atoms with van der Waals surface area (Å²) >= 11 is 0. The molecule has 0 unspecified atom stereocenters. The van der Waals surface area contributed by atoms with E-state index < -0.39 is 0 Å². The van der Waals surface area contributed by atoms with Crippen molar-refractivity contribution in [3.8, 4) is 0 Å². The van der Waals surface area contributed by atoms with Crippen LogP contribution in [0.5, 0.6) is 0 Å². The number of hydrogen-bond acceptors (Lipinski definition) is 3. The number of anilines is 1. The van der Waals surface area contributed by atoms with Crippen LogP contribution in [0.3, 0.4) is 0 Å². The standard InChI is InChI=1S/C17H17N3/c1-20(2)16-8-5-6-13-9-10-15(19-17(13)16)12-14-7-3-4-11-18-14/h3-11H,12H2,1-2H3. The summed E-state index contributed by atoms with van der Waals surface area (Å²) in [4.78, 5) is 11.3. The van der Waals surface area contributed by atoms with Crippen molar-refractivity contribution in [1.82, 2.24) is 9.97 Å². The molecule has 20 heavy (non-hydrogen) atoms. The lowest BCUT2D eigenvalue weighted by molar-refractivity contribution is 1.02. The molecule has 0 saturated heterocycles. The SMILES string of the molecule is CN(C)c1cccc2ccc(Cc3ccccn3)nc12. The summed E-state index contributed by atoms with van der Waals surface area (Å²) in [6.45, 7) is 0. The topological polar surface area (TPSA) is 29.0 Å². The zero-order valence-electron chi connectivity index (χ0n) is 11.7. The molecule has 0 spiro atoms. The zero-order valence-corrected chi connectivity index (χ0v) is 11.7. The Morgan fingerprint density at radius 3 is 2.55 bits per heavy atom. The lowest BCUT2D eigenvalue weighted by Gasteiger charge is -2.15. The van der Waals surface area contributed by atoms with E-state index in [1.54, 1.807) is 0 Å². The summed E-state index contributed by atoms with van der Waals surface area (Å²) in [6, 6.07) is 16.4. The first-order valence-electron chi connectivity index (χ1n) is 6.70. The second-order valence-corrected chi connectivity index (χ2v) is 5.04. The molecular formula is C17H17N3. The molecule has 1 aromatic carbocycles. The van der Waals surface area contributed by atoms with Gasteiger partial charge in [0.2, 0.25) is 0 Å². The summed E-state index contributed by atoms with van der Waals surface area (Å²) in [6.07, 6.45) is 2.58. The maximum atomic E-state index is 4.81. The first kappa shape index (κ1) is 12.6. The van der Waals surface area contributed by atoms with Crippen molar-refractivity contribution in [3.05, 3.63) is 66.1 Å². The van der Waals surface area contributed by atoms with Crippen molar-refractivity contribution in [3.63, 3.8) is 0 Å². The molecule has 0 amide bonds. The fourth-order valence-electron chi connectivity index (χ4n) is 2.32. The fourth-order valence-corrected chi connectivity index (χ4v) is 2.32. The van der Waals surface area contributed by atoms with Crippen LogP contribution < -0.4 is 4.90 Å². The van der Waals surface area contributed by atoms with E-state index in [4.69, 9.17) is 4.98 Å². The first-order chi connectivity index (χ1) is 9.74. The number of rotatable bonds is 3. The third kappa shape index (κ3) is 2.48. The summed E-state index contributed by atoms with van der Waals surface area (Å²) in [5, 5.41) is 1.17. The molecule has 0 bridgehead atoms. The van der Waals surface area contributed by atoms with Gasteiger partial charge in [0.25, 0.3) is 0 Å². The normalized spacial score (nSPS) is 10.7. The highest BCUT2D eigenvalue weighted by Gasteiger charge is 2.06. The van der Waals surface area contributed by atoms with E-state index in [9.17, 15) is 0 Å². The van der Waals surface area contributed by atoms with Crippen LogP contribution in [-0.2, 0) is 6.42 Å². The molecular weight excluding hydrogens is 246 g/mol. The van der Waals surface area contributed by atoms with Crippen molar-refractivity contribution in [2.45, 2.75) is 6.42 Å². The van der Waals surface area contributed by atoms with Crippen molar-refractivity contribution >= 4 is 16.6 Å². The van der Waals surface area contributed by atoms with Crippen LogP contribution in [-0.4, -0.2) is 24.1 Å². The Hall–Kier alpha value is -2.42. The van der Waals surface area contributed by atoms with Crippen LogP contribution in [0.1, 0.15) is 11.4 Å². The van der Waals surface area contributed by atoms with E-state index >= 15 is 0 Å². The first-order valence-corrected chi connectivity index (χ1v) is 6.70. The second kappa shape index (κ2) is 5.29. The van der Waals surface area contributed by atoms with Crippen molar-refractivity contribution < 1.29 is 0 Å². The highest BCUT2D eigenvalue weighted by Crippen LogP contribution is 2.24. The molecule has 0 N–H and O–H groups in total. The van der Waals surface area contributed by atoms with E-state index in [1.165, 1.54) is 5.39 Å². The van der Waals surface area contributed by atoms with Gasteiger partial charge in [-0.05, 0) is 24.3 Å². The summed E-state index contributed by atoms with van der Waals surface area (Å²) in [5.41, 5.74) is 4.28. The largest absolute Gasteiger partial charge is 0.376 e. The minimum atomic E-state index is 0.762. The highest BCUT2D eigenvalue weighted by molar-refractivity contribution is 5.90. The van der Waals surface area contributed by atoms with Gasteiger partial charge < -0.3 is 4.90 Å². The number of nitrogens with zero attached hydrogens (tertiary/aromatic N) is 3. The van der Waals surface area contributed by atoms with Gasteiger partial charge in [-0.25, -0.2) is 0 Å². The van der Waals surface area contributed by atoms with E-state index in [1.807, 2.05) is 38.5 Å². The van der Waals surface area contributed by atoms with E-state index in [2.05, 4.69) is 40.2 Å². The van der Waals surface area contributed by atoms with Gasteiger partial charge in [-0.3, -0.25) is 9.97 Å². The van der Waals surface area contributed by atoms with Gasteiger partial charge in [0.15, 0.2) is 0 Å². The van der Waals surface area contributed by atoms with Gasteiger partial charge in [0, 0.05) is 43.5 Å². The number of aromatic nitrogens is 2. The van der Waals surface area contributed by atoms with Gasteiger partial charge in [0.05, 0.1) is 11.2 Å². The molecule has 3 rings (SSSR count). The molecule has 0 radical (unpaired) electrons. The number of fused-ring (bicyclic) bond motifs is 1. The average molecular weight is 263 g/mol. The summed E-state index contributed by atoms with van der Waals surface area (Å²) < 4.78 is 0. The molecule has 3 nitrogen and oxygen atoms in total. The van der Waals surface area contributed by atoms with Crippen LogP contribution in [0.15, 0.2) is 54.7 Å². The number of para-hydroxylation sites is 1. The Labute approximate surface area is 118 Å². The zero-order chi connectivity index (χ0) is 13.9. The quantitative estimate of drug-likeness (QED) is 0.726. The lowest BCUT2D eigenvalue weighted by Crippen LogP contribution is -2.09. The lowest BCUT2D eigenvalue weighted by atomic mass is 10.1. The Morgan fingerprint density at radius 2 is 1.80 bits per heavy atom. The van der Waals surface area contributed by atoms with Crippen molar-refractivity contribution in [2.24, 2.45) is 0 Å². The molecule has 0 fully saturated rings. The average Bonchev–Trinajstić information content (AvgIpc) is 2.47. The number of pyridine rings is 2. The van der Waals surface area contributed by atoms with Crippen LogP contribution in [0, 0.1) is 0 Å². The smallest absolute Gasteiger partial charge is 0.0938 e. The molecule has 2 heterocycles. The Kier molecular flexibility index (Phi) is 3.33. The molecule has 3 heteroatoms. The van der Waals surface area contributed by atoms with Crippen LogP contribution in [0.25, 0.3) is 10.9 Å². The number of benzene rings is 1. The Balaban J connectivity index is 2.03. The fraction of sp³-hybridized carbons (Fsp3) is 0.176. The van der Waals surface area contributed by atoms with Crippen molar-refractivity contribution in [2.75, 3.05) is 19.0 Å². The third-order valence-corrected chi connectivity index (χ3v) is 3.33. The predicted octanol–water partition coefficient (Wildman–Crippen LogP) is 3.29. The molecule has 2 aromatic heterocycles. The van der Waals surface area contributed by atoms with E-state index in [-0.39, 0.29) is 0 Å². The Bertz CT molecular complexity index is 721.